The van der Waals surface area contributed by atoms with Gasteiger partial charge in [-0.05, 0) is 44.9 Å². The van der Waals surface area contributed by atoms with Gasteiger partial charge >= 0.3 is 0 Å². The van der Waals surface area contributed by atoms with Crippen LogP contribution in [0.4, 0.5) is 5.82 Å². The first-order valence-corrected chi connectivity index (χ1v) is 11.4. The van der Waals surface area contributed by atoms with Gasteiger partial charge in [-0.25, -0.2) is 9.97 Å². The van der Waals surface area contributed by atoms with Crippen molar-refractivity contribution >= 4 is 17.6 Å². The SMILES string of the molecule is Cc1nc(C2CCCCN2C(=O)C(C)C)nc2c1CC(=O)N2CC1CCCCC1. The van der Waals surface area contributed by atoms with E-state index < -0.39 is 0 Å². The molecule has 6 heteroatoms. The molecule has 1 saturated carbocycles. The van der Waals surface area contributed by atoms with E-state index in [0.717, 1.165) is 55.3 Å². The third-order valence-electron chi connectivity index (χ3n) is 6.84. The molecule has 1 saturated heterocycles. The average Bonchev–Trinajstić information content (AvgIpc) is 3.04. The van der Waals surface area contributed by atoms with Crippen LogP contribution in [0.1, 0.15) is 88.3 Å². The van der Waals surface area contributed by atoms with Crippen LogP contribution >= 0.6 is 0 Å². The largest absolute Gasteiger partial charge is 0.332 e. The van der Waals surface area contributed by atoms with Crippen LogP contribution in [0.5, 0.6) is 0 Å². The van der Waals surface area contributed by atoms with Crippen molar-refractivity contribution in [2.24, 2.45) is 11.8 Å². The summed E-state index contributed by atoms with van der Waals surface area (Å²) in [7, 11) is 0. The molecule has 1 atom stereocenters. The Labute approximate surface area is 174 Å². The molecule has 0 aromatic carbocycles. The molecule has 2 amide bonds. The van der Waals surface area contributed by atoms with Crippen LogP contribution in [0.3, 0.4) is 0 Å². The Kier molecular flexibility index (Phi) is 5.88. The molecule has 0 bridgehead atoms. The van der Waals surface area contributed by atoms with Gasteiger partial charge < -0.3 is 4.90 Å². The molecule has 3 aliphatic rings. The Morgan fingerprint density at radius 1 is 1.07 bits per heavy atom. The van der Waals surface area contributed by atoms with Gasteiger partial charge in [0.15, 0.2) is 5.82 Å². The number of amides is 2. The maximum Gasteiger partial charge on any atom is 0.232 e. The van der Waals surface area contributed by atoms with E-state index in [0.29, 0.717) is 12.3 Å². The lowest BCUT2D eigenvalue weighted by atomic mass is 9.89. The van der Waals surface area contributed by atoms with E-state index in [1.165, 1.54) is 32.1 Å². The first kappa shape index (κ1) is 20.3. The molecule has 0 spiro atoms. The number of carbonyl (C=O) groups excluding carboxylic acids is 2. The Balaban J connectivity index is 1.64. The molecule has 1 aliphatic carbocycles. The van der Waals surface area contributed by atoms with Crippen molar-refractivity contribution in [3.05, 3.63) is 17.1 Å². The van der Waals surface area contributed by atoms with E-state index >= 15 is 0 Å². The fourth-order valence-electron chi connectivity index (χ4n) is 5.16. The second-order valence-corrected chi connectivity index (χ2v) is 9.35. The highest BCUT2D eigenvalue weighted by atomic mass is 16.2. The summed E-state index contributed by atoms with van der Waals surface area (Å²) < 4.78 is 0. The van der Waals surface area contributed by atoms with Gasteiger partial charge in [0.25, 0.3) is 0 Å². The third-order valence-corrected chi connectivity index (χ3v) is 6.84. The number of aryl methyl sites for hydroxylation is 1. The van der Waals surface area contributed by atoms with Crippen molar-refractivity contribution in [1.29, 1.82) is 0 Å². The quantitative estimate of drug-likeness (QED) is 0.770. The zero-order valence-corrected chi connectivity index (χ0v) is 18.1. The standard InChI is InChI=1S/C23H34N4O2/c1-15(2)23(29)26-12-8-7-11-19(26)21-24-16(3)18-13-20(28)27(22(18)25-21)14-17-9-5-4-6-10-17/h15,17,19H,4-14H2,1-3H3. The van der Waals surface area contributed by atoms with Gasteiger partial charge in [-0.1, -0.05) is 33.1 Å². The number of hydrogen-bond donors (Lipinski definition) is 0. The molecule has 6 nitrogen and oxygen atoms in total. The number of likely N-dealkylation sites (tertiary alicyclic amines) is 1. The molecule has 1 unspecified atom stereocenters. The number of piperidine rings is 1. The van der Waals surface area contributed by atoms with Crippen LogP contribution in [-0.2, 0) is 16.0 Å². The predicted octanol–water partition coefficient (Wildman–Crippen LogP) is 3.96. The van der Waals surface area contributed by atoms with E-state index in [2.05, 4.69) is 0 Å². The first-order valence-electron chi connectivity index (χ1n) is 11.4. The van der Waals surface area contributed by atoms with Gasteiger partial charge in [0.1, 0.15) is 5.82 Å². The monoisotopic (exact) mass is 398 g/mol. The number of rotatable bonds is 4. The summed E-state index contributed by atoms with van der Waals surface area (Å²) >= 11 is 0. The predicted molar refractivity (Wildman–Crippen MR) is 113 cm³/mol. The first-order chi connectivity index (χ1) is 14.0. The highest BCUT2D eigenvalue weighted by Crippen LogP contribution is 2.36. The molecule has 0 N–H and O–H groups in total. The van der Waals surface area contributed by atoms with Crippen molar-refractivity contribution in [3.63, 3.8) is 0 Å². The van der Waals surface area contributed by atoms with Crippen LogP contribution in [0.25, 0.3) is 0 Å². The lowest BCUT2D eigenvalue weighted by Crippen LogP contribution is -2.41. The van der Waals surface area contributed by atoms with E-state index in [1.54, 1.807) is 0 Å². The molecular weight excluding hydrogens is 364 g/mol. The lowest BCUT2D eigenvalue weighted by Gasteiger charge is -2.36. The minimum absolute atomic E-state index is 0.0319. The second-order valence-electron chi connectivity index (χ2n) is 9.35. The third kappa shape index (κ3) is 4.03. The number of aromatic nitrogens is 2. The maximum atomic E-state index is 12.8. The van der Waals surface area contributed by atoms with Crippen LogP contribution in [0, 0.1) is 18.8 Å². The molecule has 29 heavy (non-hydrogen) atoms. The van der Waals surface area contributed by atoms with E-state index in [-0.39, 0.29) is 23.8 Å². The van der Waals surface area contributed by atoms with Gasteiger partial charge in [-0.3, -0.25) is 14.5 Å². The zero-order chi connectivity index (χ0) is 20.5. The topological polar surface area (TPSA) is 66.4 Å². The fraction of sp³-hybridized carbons (Fsp3) is 0.739. The molecular formula is C23H34N4O2. The van der Waals surface area contributed by atoms with Crippen LogP contribution in [-0.4, -0.2) is 39.8 Å². The number of nitrogens with zero attached hydrogens (tertiary/aromatic N) is 4. The summed E-state index contributed by atoms with van der Waals surface area (Å²) in [5.41, 5.74) is 1.87. The van der Waals surface area contributed by atoms with Gasteiger partial charge in [0, 0.05) is 30.3 Å². The minimum Gasteiger partial charge on any atom is -0.332 e. The van der Waals surface area contributed by atoms with E-state index in [9.17, 15) is 9.59 Å². The summed E-state index contributed by atoms with van der Waals surface area (Å²) in [6.07, 6.45) is 9.67. The molecule has 2 fully saturated rings. The van der Waals surface area contributed by atoms with Crippen LogP contribution in [0.15, 0.2) is 0 Å². The molecule has 3 heterocycles. The Morgan fingerprint density at radius 3 is 2.52 bits per heavy atom. The van der Waals surface area contributed by atoms with Crippen molar-refractivity contribution < 1.29 is 9.59 Å². The number of anilines is 1. The van der Waals surface area contributed by atoms with Crippen LogP contribution < -0.4 is 4.90 Å². The van der Waals surface area contributed by atoms with E-state index in [1.807, 2.05) is 30.6 Å². The van der Waals surface area contributed by atoms with Gasteiger partial charge in [-0.15, -0.1) is 0 Å². The Bertz CT molecular complexity index is 785. The number of carbonyl (C=O) groups is 2. The highest BCUT2D eigenvalue weighted by Gasteiger charge is 2.36. The molecule has 0 radical (unpaired) electrons. The molecule has 158 valence electrons. The number of fused-ring (bicyclic) bond motifs is 1. The lowest BCUT2D eigenvalue weighted by molar-refractivity contribution is -0.138. The summed E-state index contributed by atoms with van der Waals surface area (Å²) in [5.74, 6) is 2.40. The molecule has 1 aromatic heterocycles. The zero-order valence-electron chi connectivity index (χ0n) is 18.1. The van der Waals surface area contributed by atoms with Crippen molar-refractivity contribution in [3.8, 4) is 0 Å². The van der Waals surface area contributed by atoms with Crippen molar-refractivity contribution in [2.75, 3.05) is 18.0 Å². The molecule has 1 aromatic rings. The normalized spacial score (nSPS) is 23.0. The van der Waals surface area contributed by atoms with Crippen molar-refractivity contribution in [1.82, 2.24) is 14.9 Å². The summed E-state index contributed by atoms with van der Waals surface area (Å²) in [6.45, 7) is 7.44. The second kappa shape index (κ2) is 8.41. The van der Waals surface area contributed by atoms with Gasteiger partial charge in [0.2, 0.25) is 11.8 Å². The van der Waals surface area contributed by atoms with Gasteiger partial charge in [-0.2, -0.15) is 0 Å². The molecule has 2 aliphatic heterocycles. The highest BCUT2D eigenvalue weighted by molar-refractivity contribution is 6.00. The smallest absolute Gasteiger partial charge is 0.232 e. The maximum absolute atomic E-state index is 12.8. The van der Waals surface area contributed by atoms with Crippen molar-refractivity contribution in [2.45, 2.75) is 84.6 Å². The summed E-state index contributed by atoms with van der Waals surface area (Å²) in [5, 5.41) is 0. The van der Waals surface area contributed by atoms with Crippen LogP contribution in [0.2, 0.25) is 0 Å². The number of hydrogen-bond acceptors (Lipinski definition) is 4. The minimum atomic E-state index is -0.0742. The fourth-order valence-corrected chi connectivity index (χ4v) is 5.16. The summed E-state index contributed by atoms with van der Waals surface area (Å²) in [6, 6.07) is -0.0742. The summed E-state index contributed by atoms with van der Waals surface area (Å²) in [4.78, 5) is 39.2. The van der Waals surface area contributed by atoms with Gasteiger partial charge in [0.05, 0.1) is 12.5 Å². The average molecular weight is 399 g/mol. The Morgan fingerprint density at radius 2 is 1.79 bits per heavy atom. The Hall–Kier alpha value is -1.98. The molecule has 4 rings (SSSR count). The van der Waals surface area contributed by atoms with E-state index in [4.69, 9.17) is 9.97 Å².